The number of hydrogen-bond acceptors (Lipinski definition) is 4. The van der Waals surface area contributed by atoms with Crippen molar-refractivity contribution in [3.8, 4) is 0 Å². The Labute approximate surface area is 129 Å². The van der Waals surface area contributed by atoms with Crippen LogP contribution in [0.5, 0.6) is 0 Å². The van der Waals surface area contributed by atoms with Gasteiger partial charge in [-0.1, -0.05) is 0 Å². The van der Waals surface area contributed by atoms with Crippen molar-refractivity contribution in [2.45, 2.75) is 58.3 Å². The third-order valence-electron chi connectivity index (χ3n) is 4.25. The molecule has 4 heteroatoms. The van der Waals surface area contributed by atoms with E-state index in [2.05, 4.69) is 56.0 Å². The van der Waals surface area contributed by atoms with E-state index in [1.807, 2.05) is 6.26 Å². The van der Waals surface area contributed by atoms with Crippen molar-refractivity contribution in [1.29, 1.82) is 0 Å². The second-order valence-corrected chi connectivity index (χ2v) is 7.47. The fourth-order valence-corrected chi connectivity index (χ4v) is 2.78. The third-order valence-corrected chi connectivity index (χ3v) is 4.25. The van der Waals surface area contributed by atoms with Gasteiger partial charge in [-0.15, -0.1) is 0 Å². The molecule has 0 atom stereocenters. The van der Waals surface area contributed by atoms with E-state index in [0.717, 1.165) is 18.8 Å². The van der Waals surface area contributed by atoms with E-state index in [4.69, 9.17) is 4.42 Å². The summed E-state index contributed by atoms with van der Waals surface area (Å²) in [6.07, 6.45) is 4.40. The van der Waals surface area contributed by atoms with Crippen molar-refractivity contribution in [3.63, 3.8) is 0 Å². The first-order valence-electron chi connectivity index (χ1n) is 8.03. The summed E-state index contributed by atoms with van der Waals surface area (Å²) in [4.78, 5) is 4.85. The van der Waals surface area contributed by atoms with E-state index in [0.29, 0.717) is 6.04 Å². The van der Waals surface area contributed by atoms with Gasteiger partial charge < -0.3 is 14.6 Å². The van der Waals surface area contributed by atoms with Gasteiger partial charge in [0.1, 0.15) is 5.76 Å². The minimum Gasteiger partial charge on any atom is -0.468 e. The molecule has 21 heavy (non-hydrogen) atoms. The molecule has 0 saturated carbocycles. The first kappa shape index (κ1) is 16.5. The van der Waals surface area contributed by atoms with Crippen molar-refractivity contribution in [2.75, 3.05) is 27.2 Å². The van der Waals surface area contributed by atoms with E-state index in [1.54, 1.807) is 0 Å². The van der Waals surface area contributed by atoms with Crippen molar-refractivity contribution in [2.24, 2.45) is 0 Å². The largest absolute Gasteiger partial charge is 0.468 e. The number of hydrogen-bond donors (Lipinski definition) is 1. The molecule has 0 aromatic carbocycles. The molecule has 1 saturated heterocycles. The minimum absolute atomic E-state index is 0.141. The molecule has 0 bridgehead atoms. The molecular weight excluding hydrogens is 262 g/mol. The van der Waals surface area contributed by atoms with Crippen LogP contribution in [0.4, 0.5) is 0 Å². The van der Waals surface area contributed by atoms with Crippen LogP contribution in [0, 0.1) is 0 Å². The maximum Gasteiger partial charge on any atom is 0.118 e. The third kappa shape index (κ3) is 5.46. The van der Waals surface area contributed by atoms with Crippen LogP contribution in [0.1, 0.15) is 44.9 Å². The van der Waals surface area contributed by atoms with Crippen LogP contribution in [0.3, 0.4) is 0 Å². The van der Waals surface area contributed by atoms with Crippen LogP contribution >= 0.6 is 0 Å². The lowest BCUT2D eigenvalue weighted by Gasteiger charge is -2.34. The van der Waals surface area contributed by atoms with Crippen LogP contribution in [-0.4, -0.2) is 48.6 Å². The molecule has 2 rings (SSSR count). The SMILES string of the molecule is CN1CCC(N(C)Cc2cc(CNC(C)(C)C)co2)CC1. The van der Waals surface area contributed by atoms with Gasteiger partial charge in [0.15, 0.2) is 0 Å². The summed E-state index contributed by atoms with van der Waals surface area (Å²) < 4.78 is 5.72. The Balaban J connectivity index is 1.81. The Kier molecular flexibility index (Phi) is 5.47. The molecule has 120 valence electrons. The van der Waals surface area contributed by atoms with Crippen LogP contribution < -0.4 is 5.32 Å². The Morgan fingerprint density at radius 3 is 2.62 bits per heavy atom. The molecule has 0 radical (unpaired) electrons. The lowest BCUT2D eigenvalue weighted by Crippen LogP contribution is -2.41. The Morgan fingerprint density at radius 2 is 2.00 bits per heavy atom. The summed E-state index contributed by atoms with van der Waals surface area (Å²) in [5, 5.41) is 3.49. The van der Waals surface area contributed by atoms with E-state index < -0.39 is 0 Å². The molecule has 4 nitrogen and oxygen atoms in total. The summed E-state index contributed by atoms with van der Waals surface area (Å²) >= 11 is 0. The van der Waals surface area contributed by atoms with Crippen molar-refractivity contribution in [3.05, 3.63) is 23.7 Å². The van der Waals surface area contributed by atoms with Gasteiger partial charge in [0, 0.05) is 23.7 Å². The average molecular weight is 293 g/mol. The average Bonchev–Trinajstić information content (AvgIpc) is 2.84. The summed E-state index contributed by atoms with van der Waals surface area (Å²) in [5.74, 6) is 1.07. The van der Waals surface area contributed by atoms with Gasteiger partial charge >= 0.3 is 0 Å². The molecule has 1 N–H and O–H groups in total. The van der Waals surface area contributed by atoms with Crippen LogP contribution in [-0.2, 0) is 13.1 Å². The highest BCUT2D eigenvalue weighted by Crippen LogP contribution is 2.18. The maximum absolute atomic E-state index is 5.72. The smallest absolute Gasteiger partial charge is 0.118 e. The summed E-state index contributed by atoms with van der Waals surface area (Å²) in [7, 11) is 4.42. The van der Waals surface area contributed by atoms with Gasteiger partial charge in [-0.2, -0.15) is 0 Å². The zero-order valence-corrected chi connectivity index (χ0v) is 14.3. The molecule has 2 heterocycles. The lowest BCUT2D eigenvalue weighted by molar-refractivity contribution is 0.132. The summed E-state index contributed by atoms with van der Waals surface area (Å²) in [6, 6.07) is 2.87. The first-order valence-corrected chi connectivity index (χ1v) is 8.03. The topological polar surface area (TPSA) is 31.6 Å². The maximum atomic E-state index is 5.72. The second kappa shape index (κ2) is 6.95. The first-order chi connectivity index (χ1) is 9.83. The normalized spacial score (nSPS) is 18.6. The highest BCUT2D eigenvalue weighted by atomic mass is 16.3. The van der Waals surface area contributed by atoms with Crippen molar-refractivity contribution < 1.29 is 4.42 Å². The molecule has 0 spiro atoms. The van der Waals surface area contributed by atoms with Crippen molar-refractivity contribution in [1.82, 2.24) is 15.1 Å². The van der Waals surface area contributed by atoms with Crippen molar-refractivity contribution >= 4 is 0 Å². The molecule has 1 aromatic heterocycles. The zero-order valence-electron chi connectivity index (χ0n) is 14.3. The summed E-state index contributed by atoms with van der Waals surface area (Å²) in [5.41, 5.74) is 1.37. The number of piperidine rings is 1. The number of rotatable bonds is 5. The highest BCUT2D eigenvalue weighted by molar-refractivity contribution is 5.13. The Morgan fingerprint density at radius 1 is 1.33 bits per heavy atom. The molecule has 1 fully saturated rings. The Bertz CT molecular complexity index is 427. The fraction of sp³-hybridized carbons (Fsp3) is 0.765. The lowest BCUT2D eigenvalue weighted by atomic mass is 10.0. The molecular formula is C17H31N3O. The van der Waals surface area contributed by atoms with Crippen LogP contribution in [0.15, 0.2) is 16.7 Å². The van der Waals surface area contributed by atoms with E-state index >= 15 is 0 Å². The monoisotopic (exact) mass is 293 g/mol. The predicted molar refractivity (Wildman–Crippen MR) is 87.3 cm³/mol. The number of nitrogens with zero attached hydrogens (tertiary/aromatic N) is 2. The van der Waals surface area contributed by atoms with E-state index in [9.17, 15) is 0 Å². The Hall–Kier alpha value is -0.840. The highest BCUT2D eigenvalue weighted by Gasteiger charge is 2.21. The number of furan rings is 1. The van der Waals surface area contributed by atoms with E-state index in [-0.39, 0.29) is 5.54 Å². The minimum atomic E-state index is 0.141. The van der Waals surface area contributed by atoms with Crippen LogP contribution in [0.25, 0.3) is 0 Å². The molecule has 1 aromatic rings. The summed E-state index contributed by atoms with van der Waals surface area (Å²) in [6.45, 7) is 10.7. The molecule has 0 unspecified atom stereocenters. The van der Waals surface area contributed by atoms with E-state index in [1.165, 1.54) is 31.5 Å². The molecule has 1 aliphatic heterocycles. The zero-order chi connectivity index (χ0) is 15.5. The van der Waals surface area contributed by atoms with Gasteiger partial charge in [0.2, 0.25) is 0 Å². The van der Waals surface area contributed by atoms with Gasteiger partial charge in [-0.3, -0.25) is 4.90 Å². The van der Waals surface area contributed by atoms with Gasteiger partial charge in [0.25, 0.3) is 0 Å². The van der Waals surface area contributed by atoms with Gasteiger partial charge in [0.05, 0.1) is 12.8 Å². The fourth-order valence-electron chi connectivity index (χ4n) is 2.78. The van der Waals surface area contributed by atoms with Gasteiger partial charge in [-0.05, 0) is 66.9 Å². The van der Waals surface area contributed by atoms with Crippen LogP contribution in [0.2, 0.25) is 0 Å². The second-order valence-electron chi connectivity index (χ2n) is 7.47. The number of likely N-dealkylation sites (tertiary alicyclic amines) is 1. The predicted octanol–water partition coefficient (Wildman–Crippen LogP) is 2.69. The standard InChI is InChI=1S/C17H31N3O/c1-17(2,3)18-11-14-10-16(21-13-14)12-20(5)15-6-8-19(4)9-7-15/h10,13,15,18H,6-9,11-12H2,1-5H3. The molecule has 1 aliphatic rings. The molecule has 0 amide bonds. The number of nitrogens with one attached hydrogen (secondary N) is 1. The quantitative estimate of drug-likeness (QED) is 0.904. The molecule has 0 aliphatic carbocycles. The van der Waals surface area contributed by atoms with Gasteiger partial charge in [-0.25, -0.2) is 0 Å².